The monoisotopic (exact) mass is 943 g/mol. The molecule has 326 valence electrons. The number of hydrogen-bond acceptors (Lipinski definition) is 7. The lowest BCUT2D eigenvalue weighted by atomic mass is 9.98. The number of carbonyl (C=O) groups is 2. The molecule has 62 heavy (non-hydrogen) atoms. The van der Waals surface area contributed by atoms with Gasteiger partial charge in [-0.2, -0.15) is 0 Å². The van der Waals surface area contributed by atoms with Crippen molar-refractivity contribution in [1.29, 1.82) is 0 Å². The Morgan fingerprint density at radius 1 is 0.694 bits per heavy atom. The summed E-state index contributed by atoms with van der Waals surface area (Å²) in [4.78, 5) is 39.6. The van der Waals surface area contributed by atoms with Gasteiger partial charge < -0.3 is 24.7 Å². The van der Waals surface area contributed by atoms with E-state index in [1.54, 1.807) is 29.2 Å². The number of amides is 2. The van der Waals surface area contributed by atoms with E-state index in [1.807, 2.05) is 99.5 Å². The first-order valence-electron chi connectivity index (χ1n) is 20.3. The van der Waals surface area contributed by atoms with Gasteiger partial charge in [0.05, 0.1) is 17.6 Å². The highest BCUT2D eigenvalue weighted by atomic mass is 79.9. The molecule has 6 aromatic rings. The van der Waals surface area contributed by atoms with Crippen LogP contribution in [-0.2, 0) is 44.6 Å². The van der Waals surface area contributed by atoms with Crippen molar-refractivity contribution in [3.05, 3.63) is 136 Å². The molecule has 0 bridgehead atoms. The molecule has 8 rings (SSSR count). The van der Waals surface area contributed by atoms with Crippen LogP contribution in [0.25, 0.3) is 22.5 Å². The number of aryl methyl sites for hydroxylation is 2. The molecular weight excluding hydrogens is 893 g/mol. The van der Waals surface area contributed by atoms with E-state index in [0.29, 0.717) is 59.6 Å². The Balaban J connectivity index is 0.000000181. The summed E-state index contributed by atoms with van der Waals surface area (Å²) in [6, 6.07) is 27.9. The van der Waals surface area contributed by atoms with Gasteiger partial charge in [0.15, 0.2) is 0 Å². The average molecular weight is 945 g/mol. The number of nitrogens with zero attached hydrogens (tertiary/aromatic N) is 6. The van der Waals surface area contributed by atoms with Crippen molar-refractivity contribution in [2.75, 3.05) is 19.6 Å². The van der Waals surface area contributed by atoms with Crippen molar-refractivity contribution in [2.24, 2.45) is 5.73 Å². The van der Waals surface area contributed by atoms with E-state index in [0.717, 1.165) is 32.1 Å². The van der Waals surface area contributed by atoms with Crippen molar-refractivity contribution >= 4 is 51.2 Å². The predicted octanol–water partition coefficient (Wildman–Crippen LogP) is 9.42. The molecule has 0 radical (unpaired) electrons. The van der Waals surface area contributed by atoms with Crippen molar-refractivity contribution < 1.29 is 22.6 Å². The van der Waals surface area contributed by atoms with Crippen LogP contribution in [0.4, 0.5) is 8.78 Å². The van der Waals surface area contributed by atoms with Crippen molar-refractivity contribution in [3.8, 4) is 22.5 Å². The van der Waals surface area contributed by atoms with Crippen LogP contribution in [0.15, 0.2) is 116 Å². The summed E-state index contributed by atoms with van der Waals surface area (Å²) in [7, 11) is -1.51. The molecule has 2 amide bonds. The van der Waals surface area contributed by atoms with Gasteiger partial charge in [-0.15, -0.1) is 12.6 Å². The van der Waals surface area contributed by atoms with Crippen LogP contribution in [0.2, 0.25) is 0 Å². The van der Waals surface area contributed by atoms with Gasteiger partial charge in [0.2, 0.25) is 11.8 Å². The zero-order valence-corrected chi connectivity index (χ0v) is 39.3. The maximum absolute atomic E-state index is 13.7. The van der Waals surface area contributed by atoms with E-state index in [2.05, 4.69) is 40.0 Å². The van der Waals surface area contributed by atoms with Gasteiger partial charge in [-0.05, 0) is 130 Å². The van der Waals surface area contributed by atoms with Gasteiger partial charge in [0.25, 0.3) is 0 Å². The first-order chi connectivity index (χ1) is 29.4. The number of imidazole rings is 2. The molecule has 0 fully saturated rings. The van der Waals surface area contributed by atoms with E-state index < -0.39 is 21.9 Å². The Hall–Kier alpha value is -4.96. The largest absolute Gasteiger partial charge is 0.329 e. The highest BCUT2D eigenvalue weighted by Crippen LogP contribution is 2.40. The van der Waals surface area contributed by atoms with Crippen molar-refractivity contribution in [2.45, 2.75) is 93.9 Å². The minimum Gasteiger partial charge on any atom is -0.329 e. The Labute approximate surface area is 378 Å². The van der Waals surface area contributed by atoms with Crippen LogP contribution in [0.3, 0.4) is 0 Å². The topological polar surface area (TPSA) is 119 Å². The Kier molecular flexibility index (Phi) is 14.4. The first-order valence-corrected chi connectivity index (χ1v) is 22.7. The Morgan fingerprint density at radius 3 is 1.61 bits per heavy atom. The second-order valence-corrected chi connectivity index (χ2v) is 18.8. The molecule has 2 aromatic heterocycles. The summed E-state index contributed by atoms with van der Waals surface area (Å²) in [6.45, 7) is 15.9. The van der Waals surface area contributed by atoms with Crippen LogP contribution in [0, 0.1) is 25.5 Å². The molecule has 15 heteroatoms. The fraction of sp³-hybridized carbons (Fsp3) is 0.319. The summed E-state index contributed by atoms with van der Waals surface area (Å²) in [5.41, 5.74) is 9.59. The molecule has 0 saturated heterocycles. The molecule has 2 N–H and O–H groups in total. The minimum absolute atomic E-state index is 0.0862. The molecule has 0 saturated carbocycles. The van der Waals surface area contributed by atoms with Crippen LogP contribution in [0.1, 0.15) is 63.8 Å². The molecule has 10 nitrogen and oxygen atoms in total. The second kappa shape index (κ2) is 19.2. The molecule has 1 atom stereocenters. The van der Waals surface area contributed by atoms with Crippen molar-refractivity contribution in [1.82, 2.24) is 28.9 Å². The zero-order chi connectivity index (χ0) is 45.1. The quantitative estimate of drug-likeness (QED) is 0.161. The molecule has 4 heterocycles. The molecule has 0 spiro atoms. The smallest absolute Gasteiger partial charge is 0.237 e. The fourth-order valence-corrected chi connectivity index (χ4v) is 9.82. The van der Waals surface area contributed by atoms with E-state index in [4.69, 9.17) is 15.7 Å². The van der Waals surface area contributed by atoms with E-state index in [1.165, 1.54) is 29.8 Å². The lowest BCUT2D eigenvalue weighted by Crippen LogP contribution is -2.53. The number of aromatic nitrogens is 4. The highest BCUT2D eigenvalue weighted by molar-refractivity contribution is 9.10. The van der Waals surface area contributed by atoms with Gasteiger partial charge in [-0.25, -0.2) is 23.0 Å². The van der Waals surface area contributed by atoms with Crippen LogP contribution in [-0.4, -0.2) is 64.6 Å². The van der Waals surface area contributed by atoms with E-state index in [9.17, 15) is 22.6 Å². The standard InChI is InChI=1S/C23H25FN4O2S.C17H19BrFN3O.C7H8S/c1-15-4-10-18(11-5-15)31(30)21-20(16-6-8-17(24)9-7-16)26-22-23(2,3)28(19(29)14-25)13-12-27(21)22;1-4-13(23)22-10-9-21-15(18)14(20-16(21)17(22,2)3)11-5-7-12(19)8-6-11;1-6-2-4-7(8)5-3-6/h4-11H,12-14,25H2,1-3H3;5-8H,4,9-10H2,1-3H3;2-5,8H,1H3. The maximum Gasteiger partial charge on any atom is 0.237 e. The Bertz CT molecular complexity index is 2550. The fourth-order valence-electron chi connectivity index (χ4n) is 7.68. The third kappa shape index (κ3) is 9.65. The predicted molar refractivity (Wildman–Crippen MR) is 246 cm³/mol. The maximum atomic E-state index is 13.7. The van der Waals surface area contributed by atoms with Crippen LogP contribution < -0.4 is 5.73 Å². The number of hydrogen-bond donors (Lipinski definition) is 2. The van der Waals surface area contributed by atoms with Gasteiger partial charge in [-0.1, -0.05) is 42.3 Å². The SMILES string of the molecule is CCC(=O)N1CCn2c(nc(-c3ccc(F)cc3)c2Br)C1(C)C.Cc1ccc(S(=O)c2c(-c3ccc(F)cc3)nc3n2CCN(C(=O)CN)C3(C)C)cc1.Cc1ccc(S)cc1. The molecule has 4 aromatic carbocycles. The van der Waals surface area contributed by atoms with E-state index in [-0.39, 0.29) is 30.0 Å². The van der Waals surface area contributed by atoms with Gasteiger partial charge in [-0.3, -0.25) is 9.59 Å². The van der Waals surface area contributed by atoms with Gasteiger partial charge in [0.1, 0.15) is 55.1 Å². The lowest BCUT2D eigenvalue weighted by molar-refractivity contribution is -0.138. The average Bonchev–Trinajstić information content (AvgIpc) is 3.82. The third-order valence-corrected chi connectivity index (χ3v) is 13.7. The number of fused-ring (bicyclic) bond motifs is 2. The van der Waals surface area contributed by atoms with Gasteiger partial charge in [0, 0.05) is 53.5 Å². The number of thiol groups is 1. The molecular formula is C47H52BrF2N7O3S2. The summed E-state index contributed by atoms with van der Waals surface area (Å²) in [5, 5.41) is 0.554. The molecule has 2 aliphatic rings. The number of carbonyl (C=O) groups excluding carboxylic acids is 2. The Morgan fingerprint density at radius 2 is 1.13 bits per heavy atom. The number of rotatable bonds is 6. The lowest BCUT2D eigenvalue weighted by Gasteiger charge is -2.42. The summed E-state index contributed by atoms with van der Waals surface area (Å²) in [5.74, 6) is 0.822. The minimum atomic E-state index is -1.51. The molecule has 1 unspecified atom stereocenters. The third-order valence-electron chi connectivity index (χ3n) is 11.1. The summed E-state index contributed by atoms with van der Waals surface area (Å²) < 4.78 is 45.3. The van der Waals surface area contributed by atoms with Crippen molar-refractivity contribution in [3.63, 3.8) is 0 Å². The normalized spacial score (nSPS) is 15.3. The van der Waals surface area contributed by atoms with Gasteiger partial charge >= 0.3 is 0 Å². The number of halogens is 3. The van der Waals surface area contributed by atoms with Crippen LogP contribution in [0.5, 0.6) is 0 Å². The summed E-state index contributed by atoms with van der Waals surface area (Å²) in [6.07, 6.45) is 0.482. The van der Waals surface area contributed by atoms with Crippen LogP contribution >= 0.6 is 28.6 Å². The second-order valence-electron chi connectivity index (χ2n) is 16.2. The summed E-state index contributed by atoms with van der Waals surface area (Å²) >= 11 is 7.75. The number of benzene rings is 4. The van der Waals surface area contributed by atoms with E-state index >= 15 is 0 Å². The molecule has 0 aliphatic carbocycles. The highest BCUT2D eigenvalue weighted by Gasteiger charge is 2.43. The number of nitrogens with two attached hydrogens (primary N) is 1. The zero-order valence-electron chi connectivity index (χ0n) is 36.0. The molecule has 2 aliphatic heterocycles. The first kappa shape index (κ1) is 46.5.